The number of para-hydroxylation sites is 1. The molecule has 204 valence electrons. The van der Waals surface area contributed by atoms with Crippen LogP contribution in [0.1, 0.15) is 22.6 Å². The lowest BCUT2D eigenvalue weighted by Gasteiger charge is -2.28. The Bertz CT molecular complexity index is 2040. The highest BCUT2D eigenvalue weighted by Gasteiger charge is 2.37. The quantitative estimate of drug-likeness (QED) is 0.198. The summed E-state index contributed by atoms with van der Waals surface area (Å²) in [4.78, 5) is 8.57. The van der Waals surface area contributed by atoms with Gasteiger partial charge in [-0.25, -0.2) is 0 Å². The van der Waals surface area contributed by atoms with Crippen molar-refractivity contribution < 1.29 is 0 Å². The number of hydrogen-bond donors (Lipinski definition) is 0. The SMILES string of the molecule is C#C/C=C\c1ccnc(-c2ccc(N3c4ccccc4-c4ccccc4-c4c3ccc3c4SC4C=CC=CC34)cc2)c1C. The third-order valence-corrected chi connectivity index (χ3v) is 10.1. The first-order chi connectivity index (χ1) is 21.2. The van der Waals surface area contributed by atoms with E-state index in [1.165, 1.54) is 44.1 Å². The van der Waals surface area contributed by atoms with Gasteiger partial charge in [0.15, 0.2) is 0 Å². The number of terminal acetylenes is 1. The Morgan fingerprint density at radius 3 is 2.42 bits per heavy atom. The second-order valence-electron chi connectivity index (χ2n) is 11.1. The van der Waals surface area contributed by atoms with E-state index >= 15 is 0 Å². The molecule has 0 bridgehead atoms. The molecule has 0 fully saturated rings. The summed E-state index contributed by atoms with van der Waals surface area (Å²) in [7, 11) is 0. The summed E-state index contributed by atoms with van der Waals surface area (Å²) in [6.07, 6.45) is 20.1. The molecule has 0 saturated carbocycles. The van der Waals surface area contributed by atoms with E-state index < -0.39 is 0 Å². The van der Waals surface area contributed by atoms with Crippen molar-refractivity contribution in [2.24, 2.45) is 0 Å². The van der Waals surface area contributed by atoms with Crippen LogP contribution < -0.4 is 4.90 Å². The van der Waals surface area contributed by atoms with Gasteiger partial charge in [0, 0.05) is 44.6 Å². The second kappa shape index (κ2) is 10.3. The Morgan fingerprint density at radius 1 is 0.814 bits per heavy atom. The van der Waals surface area contributed by atoms with E-state index in [1.807, 2.05) is 30.1 Å². The predicted molar refractivity (Wildman–Crippen MR) is 182 cm³/mol. The van der Waals surface area contributed by atoms with Crippen molar-refractivity contribution in [3.05, 3.63) is 144 Å². The average Bonchev–Trinajstić information content (AvgIpc) is 3.38. The normalized spacial score (nSPS) is 17.4. The van der Waals surface area contributed by atoms with Crippen molar-refractivity contribution >= 4 is 34.9 Å². The molecule has 3 heterocycles. The molecule has 3 heteroatoms. The van der Waals surface area contributed by atoms with Gasteiger partial charge in [-0.05, 0) is 77.2 Å². The number of hydrogen-bond acceptors (Lipinski definition) is 3. The molecule has 3 aliphatic rings. The van der Waals surface area contributed by atoms with E-state index in [4.69, 9.17) is 11.4 Å². The van der Waals surface area contributed by atoms with Gasteiger partial charge in [0.25, 0.3) is 0 Å². The number of fused-ring (bicyclic) bond motifs is 9. The number of allylic oxidation sites excluding steroid dienone is 4. The molecule has 0 saturated heterocycles. The largest absolute Gasteiger partial charge is 0.309 e. The molecule has 2 unspecified atom stereocenters. The van der Waals surface area contributed by atoms with Crippen LogP contribution in [0.15, 0.2) is 132 Å². The summed E-state index contributed by atoms with van der Waals surface area (Å²) in [5.41, 5.74) is 14.3. The molecule has 1 aliphatic carbocycles. The molecule has 2 aliphatic heterocycles. The summed E-state index contributed by atoms with van der Waals surface area (Å²) in [6, 6.07) is 33.2. The second-order valence-corrected chi connectivity index (χ2v) is 12.3. The van der Waals surface area contributed by atoms with Gasteiger partial charge in [-0.3, -0.25) is 4.98 Å². The van der Waals surface area contributed by atoms with E-state index in [0.717, 1.165) is 28.1 Å². The lowest BCUT2D eigenvalue weighted by atomic mass is 9.88. The van der Waals surface area contributed by atoms with Crippen molar-refractivity contribution in [2.45, 2.75) is 23.0 Å². The molecule has 2 nitrogen and oxygen atoms in total. The lowest BCUT2D eigenvalue weighted by Crippen LogP contribution is -2.11. The van der Waals surface area contributed by atoms with Gasteiger partial charge in [0.1, 0.15) is 0 Å². The van der Waals surface area contributed by atoms with Crippen LogP contribution in [0, 0.1) is 19.3 Å². The molecule has 1 aromatic heterocycles. The highest BCUT2D eigenvalue weighted by Crippen LogP contribution is 2.59. The Kier molecular flexibility index (Phi) is 6.17. The Morgan fingerprint density at radius 2 is 1.58 bits per heavy atom. The number of rotatable bonds is 3. The molecule has 0 spiro atoms. The first-order valence-electron chi connectivity index (χ1n) is 14.6. The van der Waals surface area contributed by atoms with E-state index in [0.29, 0.717) is 11.2 Å². The van der Waals surface area contributed by atoms with Crippen LogP contribution in [0.4, 0.5) is 17.1 Å². The topological polar surface area (TPSA) is 16.1 Å². The smallest absolute Gasteiger partial charge is 0.0737 e. The fourth-order valence-electron chi connectivity index (χ4n) is 6.71. The summed E-state index contributed by atoms with van der Waals surface area (Å²) in [6.45, 7) is 2.10. The van der Waals surface area contributed by atoms with Crippen LogP contribution in [0.5, 0.6) is 0 Å². The van der Waals surface area contributed by atoms with Crippen molar-refractivity contribution in [3.8, 4) is 45.9 Å². The van der Waals surface area contributed by atoms with Crippen molar-refractivity contribution in [3.63, 3.8) is 0 Å². The predicted octanol–water partition coefficient (Wildman–Crippen LogP) is 10.5. The van der Waals surface area contributed by atoms with Crippen LogP contribution in [0.25, 0.3) is 39.6 Å². The van der Waals surface area contributed by atoms with Gasteiger partial charge < -0.3 is 4.90 Å². The highest BCUT2D eigenvalue weighted by atomic mass is 32.2. The highest BCUT2D eigenvalue weighted by molar-refractivity contribution is 8.00. The fourth-order valence-corrected chi connectivity index (χ4v) is 8.21. The number of anilines is 3. The van der Waals surface area contributed by atoms with E-state index in [1.54, 1.807) is 6.08 Å². The Hall–Kier alpha value is -5.04. The summed E-state index contributed by atoms with van der Waals surface area (Å²) in [5.74, 6) is 3.00. The standard InChI is InChI=1S/C40H28N2S/c1-3-4-11-27-24-25-41-39(26(27)2)28-18-20-29(21-19-28)42-35-16-9-7-13-31(35)30-12-5-6-15-33(30)38-36(42)23-22-34-32-14-8-10-17-37(32)43-40(34)38/h1,4-25,32,37H,2H3/b11-4-. The Labute approximate surface area is 257 Å². The maximum absolute atomic E-state index is 5.47. The first kappa shape index (κ1) is 25.7. The third-order valence-electron chi connectivity index (χ3n) is 8.74. The van der Waals surface area contributed by atoms with E-state index in [2.05, 4.69) is 127 Å². The zero-order valence-corrected chi connectivity index (χ0v) is 24.6. The van der Waals surface area contributed by atoms with Crippen LogP contribution in [-0.4, -0.2) is 10.2 Å². The van der Waals surface area contributed by atoms with Gasteiger partial charge in [-0.1, -0.05) is 90.9 Å². The number of thioether (sulfide) groups is 1. The van der Waals surface area contributed by atoms with Crippen LogP contribution >= 0.6 is 11.8 Å². The molecular formula is C40H28N2S. The molecule has 8 rings (SSSR count). The van der Waals surface area contributed by atoms with Gasteiger partial charge in [0.05, 0.1) is 17.1 Å². The van der Waals surface area contributed by atoms with Crippen molar-refractivity contribution in [2.75, 3.05) is 4.90 Å². The minimum atomic E-state index is 0.405. The zero-order valence-electron chi connectivity index (χ0n) is 23.7. The van der Waals surface area contributed by atoms with E-state index in [-0.39, 0.29) is 0 Å². The molecule has 43 heavy (non-hydrogen) atoms. The Balaban J connectivity index is 1.32. The zero-order chi connectivity index (χ0) is 28.9. The number of aromatic nitrogens is 1. The third kappa shape index (κ3) is 4.10. The summed E-state index contributed by atoms with van der Waals surface area (Å²) < 4.78 is 0. The first-order valence-corrected chi connectivity index (χ1v) is 15.5. The van der Waals surface area contributed by atoms with Crippen LogP contribution in [-0.2, 0) is 0 Å². The number of benzene rings is 4. The maximum Gasteiger partial charge on any atom is 0.0737 e. The van der Waals surface area contributed by atoms with Gasteiger partial charge >= 0.3 is 0 Å². The fraction of sp³-hybridized carbons (Fsp3) is 0.0750. The molecule has 5 aromatic rings. The van der Waals surface area contributed by atoms with Crippen molar-refractivity contribution in [1.82, 2.24) is 4.98 Å². The molecule has 2 atom stereocenters. The van der Waals surface area contributed by atoms with Crippen LogP contribution in [0.2, 0.25) is 0 Å². The minimum Gasteiger partial charge on any atom is -0.309 e. The molecule has 4 aromatic carbocycles. The van der Waals surface area contributed by atoms with Gasteiger partial charge in [0.2, 0.25) is 0 Å². The van der Waals surface area contributed by atoms with E-state index in [9.17, 15) is 0 Å². The average molecular weight is 569 g/mol. The van der Waals surface area contributed by atoms with Crippen molar-refractivity contribution in [1.29, 1.82) is 0 Å². The molecule has 0 amide bonds. The summed E-state index contributed by atoms with van der Waals surface area (Å²) in [5, 5.41) is 0.430. The minimum absolute atomic E-state index is 0.405. The maximum atomic E-state index is 5.47. The number of pyridine rings is 1. The lowest BCUT2D eigenvalue weighted by molar-refractivity contribution is 0.881. The molecule has 0 N–H and O–H groups in total. The van der Waals surface area contributed by atoms with Gasteiger partial charge in [-0.2, -0.15) is 0 Å². The number of nitrogens with zero attached hydrogens (tertiary/aromatic N) is 2. The molecule has 0 radical (unpaired) electrons. The monoisotopic (exact) mass is 568 g/mol. The summed E-state index contributed by atoms with van der Waals surface area (Å²) >= 11 is 2.00. The van der Waals surface area contributed by atoms with Gasteiger partial charge in [-0.15, -0.1) is 18.2 Å². The molecular weight excluding hydrogens is 541 g/mol. The van der Waals surface area contributed by atoms with Crippen LogP contribution in [0.3, 0.4) is 0 Å².